The molecule has 4 aromatic rings. The zero-order valence-electron chi connectivity index (χ0n) is 19.2. The number of nitrogens with zero attached hydrogens (tertiary/aromatic N) is 1. The van der Waals surface area contributed by atoms with Gasteiger partial charge in [0.15, 0.2) is 11.9 Å². The van der Waals surface area contributed by atoms with E-state index in [1.165, 1.54) is 18.2 Å². The quantitative estimate of drug-likeness (QED) is 0.312. The molecule has 0 bridgehead atoms. The third kappa shape index (κ3) is 5.42. The number of benzene rings is 3. The highest BCUT2D eigenvalue weighted by atomic mass is 19.1. The van der Waals surface area contributed by atoms with Gasteiger partial charge in [-0.3, -0.25) is 10.1 Å². The number of halogens is 1. The molecule has 1 heterocycles. The summed E-state index contributed by atoms with van der Waals surface area (Å²) < 4.78 is 24.8. The summed E-state index contributed by atoms with van der Waals surface area (Å²) in [5.74, 6) is 1.13. The van der Waals surface area contributed by atoms with Gasteiger partial charge >= 0.3 is 12.1 Å². The molecule has 8 heteroatoms. The lowest BCUT2D eigenvalue weighted by atomic mass is 10.0. The summed E-state index contributed by atoms with van der Waals surface area (Å²) in [6.45, 7) is 1.66. The van der Waals surface area contributed by atoms with Crippen molar-refractivity contribution in [3.8, 4) is 34.8 Å². The van der Waals surface area contributed by atoms with Crippen molar-refractivity contribution in [2.75, 3.05) is 5.32 Å². The number of amides is 1. The maximum absolute atomic E-state index is 14.1. The first kappa shape index (κ1) is 24.2. The average molecular weight is 484 g/mol. The SMILES string of the molecule is C#C[C@H](OC(=O)Nc1c(C)noc1-c1ccc(-c2ccc(CC(=O)O)cc2)cc1)c1ccccc1F. The number of nitrogens with one attached hydrogen (secondary N) is 1. The summed E-state index contributed by atoms with van der Waals surface area (Å²) in [5.41, 5.74) is 3.99. The van der Waals surface area contributed by atoms with Gasteiger partial charge in [-0.1, -0.05) is 77.8 Å². The van der Waals surface area contributed by atoms with E-state index < -0.39 is 24.0 Å². The summed E-state index contributed by atoms with van der Waals surface area (Å²) in [6.07, 6.45) is 3.33. The number of carboxylic acids is 1. The Morgan fingerprint density at radius 3 is 2.28 bits per heavy atom. The molecule has 0 aliphatic rings. The lowest BCUT2D eigenvalue weighted by Gasteiger charge is -2.14. The molecule has 4 rings (SSSR count). The topological polar surface area (TPSA) is 102 Å². The van der Waals surface area contributed by atoms with Crippen LogP contribution in [0.5, 0.6) is 0 Å². The van der Waals surface area contributed by atoms with Crippen LogP contribution in [0.3, 0.4) is 0 Å². The molecule has 180 valence electrons. The summed E-state index contributed by atoms with van der Waals surface area (Å²) in [7, 11) is 0. The van der Waals surface area contributed by atoms with Crippen LogP contribution in [0.4, 0.5) is 14.9 Å². The van der Waals surface area contributed by atoms with Crippen molar-refractivity contribution in [1.29, 1.82) is 0 Å². The lowest BCUT2D eigenvalue weighted by molar-refractivity contribution is -0.136. The fourth-order valence-corrected chi connectivity index (χ4v) is 3.63. The molecule has 2 N–H and O–H groups in total. The van der Waals surface area contributed by atoms with Crippen LogP contribution in [-0.4, -0.2) is 22.3 Å². The predicted octanol–water partition coefficient (Wildman–Crippen LogP) is 6.01. The average Bonchev–Trinajstić information content (AvgIpc) is 3.23. The van der Waals surface area contributed by atoms with Crippen LogP contribution in [0, 0.1) is 25.1 Å². The first-order chi connectivity index (χ1) is 17.4. The number of ether oxygens (including phenoxy) is 1. The molecule has 1 amide bonds. The molecule has 7 nitrogen and oxygen atoms in total. The minimum atomic E-state index is -1.21. The number of aromatic nitrogens is 1. The largest absolute Gasteiger partial charge is 0.481 e. The molecule has 0 aliphatic heterocycles. The number of aryl methyl sites for hydroxylation is 1. The molecule has 0 radical (unpaired) electrons. The number of aliphatic carboxylic acids is 1. The fourth-order valence-electron chi connectivity index (χ4n) is 3.63. The van der Waals surface area contributed by atoms with Crippen molar-refractivity contribution in [2.45, 2.75) is 19.4 Å². The lowest BCUT2D eigenvalue weighted by Crippen LogP contribution is -2.18. The number of hydrogen-bond acceptors (Lipinski definition) is 5. The Labute approximate surface area is 206 Å². The molecule has 3 aromatic carbocycles. The second-order valence-electron chi connectivity index (χ2n) is 7.92. The Morgan fingerprint density at radius 1 is 1.06 bits per heavy atom. The van der Waals surface area contributed by atoms with E-state index in [0.29, 0.717) is 28.3 Å². The van der Waals surface area contributed by atoms with Crippen molar-refractivity contribution in [1.82, 2.24) is 5.16 Å². The molecule has 1 atom stereocenters. The Bertz CT molecular complexity index is 1440. The minimum Gasteiger partial charge on any atom is -0.481 e. The molecular formula is C28H21FN2O5. The molecule has 0 saturated heterocycles. The van der Waals surface area contributed by atoms with Gasteiger partial charge in [0.2, 0.25) is 0 Å². The fraction of sp³-hybridized carbons (Fsp3) is 0.107. The molecule has 0 unspecified atom stereocenters. The van der Waals surface area contributed by atoms with Crippen molar-refractivity contribution in [3.05, 3.63) is 95.4 Å². The monoisotopic (exact) mass is 484 g/mol. The number of anilines is 1. The normalized spacial score (nSPS) is 11.4. The van der Waals surface area contributed by atoms with Crippen LogP contribution in [0.2, 0.25) is 0 Å². The zero-order chi connectivity index (χ0) is 25.7. The molecule has 0 spiro atoms. The van der Waals surface area contributed by atoms with E-state index in [0.717, 1.165) is 11.1 Å². The van der Waals surface area contributed by atoms with Gasteiger partial charge in [-0.05, 0) is 29.7 Å². The molecule has 1 aromatic heterocycles. The number of rotatable bonds is 7. The summed E-state index contributed by atoms with van der Waals surface area (Å²) in [6, 6.07) is 20.4. The van der Waals surface area contributed by atoms with Crippen LogP contribution in [0.25, 0.3) is 22.5 Å². The summed E-state index contributed by atoms with van der Waals surface area (Å²) in [4.78, 5) is 23.4. The number of carbonyl (C=O) groups is 2. The van der Waals surface area contributed by atoms with Gasteiger partial charge in [0.05, 0.1) is 6.42 Å². The van der Waals surface area contributed by atoms with Crippen LogP contribution in [0.15, 0.2) is 77.3 Å². The van der Waals surface area contributed by atoms with Crippen LogP contribution >= 0.6 is 0 Å². The Balaban J connectivity index is 1.50. The predicted molar refractivity (Wildman–Crippen MR) is 132 cm³/mol. The number of terminal acetylenes is 1. The van der Waals surface area contributed by atoms with Gasteiger partial charge in [0.1, 0.15) is 17.2 Å². The first-order valence-electron chi connectivity index (χ1n) is 10.9. The molecule has 0 fully saturated rings. The van der Waals surface area contributed by atoms with E-state index >= 15 is 0 Å². The molecular weight excluding hydrogens is 463 g/mol. The molecule has 0 aliphatic carbocycles. The highest BCUT2D eigenvalue weighted by molar-refractivity contribution is 5.91. The van der Waals surface area contributed by atoms with E-state index in [4.69, 9.17) is 20.8 Å². The van der Waals surface area contributed by atoms with Gasteiger partial charge in [-0.15, -0.1) is 6.42 Å². The standard InChI is InChI=1S/C28H21FN2O5/c1-3-24(22-6-4-5-7-23(22)29)35-28(34)30-26-17(2)31-36-27(26)21-14-12-20(13-15-21)19-10-8-18(9-11-19)16-25(32)33/h1,4-15,24H,16H2,2H3,(H,30,34)(H,32,33)/t24-/m0/s1. The number of carbonyl (C=O) groups excluding carboxylic acids is 1. The highest BCUT2D eigenvalue weighted by Gasteiger charge is 2.22. The van der Waals surface area contributed by atoms with Crippen molar-refractivity contribution >= 4 is 17.7 Å². The Kier molecular flexibility index (Phi) is 7.12. The summed E-state index contributed by atoms with van der Waals surface area (Å²) in [5, 5.41) is 15.5. The zero-order valence-corrected chi connectivity index (χ0v) is 19.2. The van der Waals surface area contributed by atoms with Crippen molar-refractivity contribution in [3.63, 3.8) is 0 Å². The van der Waals surface area contributed by atoms with E-state index in [-0.39, 0.29) is 12.0 Å². The van der Waals surface area contributed by atoms with Crippen LogP contribution in [-0.2, 0) is 16.0 Å². The van der Waals surface area contributed by atoms with Crippen molar-refractivity contribution < 1.29 is 28.3 Å². The second-order valence-corrected chi connectivity index (χ2v) is 7.92. The molecule has 0 saturated carbocycles. The van der Waals surface area contributed by atoms with E-state index in [9.17, 15) is 14.0 Å². The third-order valence-corrected chi connectivity index (χ3v) is 5.44. The van der Waals surface area contributed by atoms with Gasteiger partial charge in [0, 0.05) is 11.1 Å². The minimum absolute atomic E-state index is 0.0371. The Morgan fingerprint density at radius 2 is 1.67 bits per heavy atom. The van der Waals surface area contributed by atoms with Gasteiger partial charge in [-0.25, -0.2) is 9.18 Å². The van der Waals surface area contributed by atoms with Crippen molar-refractivity contribution in [2.24, 2.45) is 0 Å². The maximum atomic E-state index is 14.1. The number of hydrogen-bond donors (Lipinski definition) is 2. The maximum Gasteiger partial charge on any atom is 0.413 e. The van der Waals surface area contributed by atoms with E-state index in [1.807, 2.05) is 24.3 Å². The number of carboxylic acid groups (broad SMARTS) is 1. The second kappa shape index (κ2) is 10.6. The van der Waals surface area contributed by atoms with Gasteiger partial charge < -0.3 is 14.4 Å². The van der Waals surface area contributed by atoms with Gasteiger partial charge in [0.25, 0.3) is 0 Å². The van der Waals surface area contributed by atoms with Crippen LogP contribution in [0.1, 0.15) is 22.9 Å². The van der Waals surface area contributed by atoms with Gasteiger partial charge in [-0.2, -0.15) is 0 Å². The smallest absolute Gasteiger partial charge is 0.413 e. The first-order valence-corrected chi connectivity index (χ1v) is 10.9. The Hall–Kier alpha value is -4.90. The highest BCUT2D eigenvalue weighted by Crippen LogP contribution is 2.33. The summed E-state index contributed by atoms with van der Waals surface area (Å²) >= 11 is 0. The third-order valence-electron chi connectivity index (χ3n) is 5.44. The van der Waals surface area contributed by atoms with Crippen LogP contribution < -0.4 is 5.32 Å². The van der Waals surface area contributed by atoms with E-state index in [2.05, 4.69) is 16.4 Å². The molecule has 36 heavy (non-hydrogen) atoms. The van der Waals surface area contributed by atoms with E-state index in [1.54, 1.807) is 37.3 Å².